The molecule has 1 amide bonds. The predicted octanol–water partition coefficient (Wildman–Crippen LogP) is -0.246. The first-order valence-corrected chi connectivity index (χ1v) is 7.06. The van der Waals surface area contributed by atoms with Crippen LogP contribution in [-0.2, 0) is 11.2 Å². The van der Waals surface area contributed by atoms with Crippen LogP contribution in [-0.4, -0.2) is 72.2 Å². The van der Waals surface area contributed by atoms with Crippen molar-refractivity contribution in [2.75, 3.05) is 40.3 Å². The SMILES string of the molecule is CN(C)C(=O)CN1CCC(NCCc2ncon2)CC1. The van der Waals surface area contributed by atoms with Gasteiger partial charge in [0.2, 0.25) is 12.3 Å². The molecule has 2 heterocycles. The second-order valence-corrected chi connectivity index (χ2v) is 5.39. The minimum absolute atomic E-state index is 0.175. The van der Waals surface area contributed by atoms with Crippen LogP contribution in [0.25, 0.3) is 0 Å². The van der Waals surface area contributed by atoms with Crippen LogP contribution < -0.4 is 5.32 Å². The van der Waals surface area contributed by atoms with Gasteiger partial charge in [-0.25, -0.2) is 0 Å². The third-order valence-corrected chi connectivity index (χ3v) is 3.63. The molecule has 0 saturated carbocycles. The average Bonchev–Trinajstić information content (AvgIpc) is 2.94. The number of nitrogens with one attached hydrogen (secondary N) is 1. The summed E-state index contributed by atoms with van der Waals surface area (Å²) < 4.78 is 4.70. The van der Waals surface area contributed by atoms with E-state index in [-0.39, 0.29) is 5.91 Å². The number of hydrogen-bond acceptors (Lipinski definition) is 6. The highest BCUT2D eigenvalue weighted by Gasteiger charge is 2.20. The zero-order valence-corrected chi connectivity index (χ0v) is 12.2. The summed E-state index contributed by atoms with van der Waals surface area (Å²) in [7, 11) is 3.60. The lowest BCUT2D eigenvalue weighted by molar-refractivity contribution is -0.130. The van der Waals surface area contributed by atoms with Gasteiger partial charge in [-0.2, -0.15) is 4.98 Å². The van der Waals surface area contributed by atoms with Crippen LogP contribution in [0.4, 0.5) is 0 Å². The molecule has 1 aliphatic rings. The number of rotatable bonds is 6. The zero-order valence-electron chi connectivity index (χ0n) is 12.2. The second-order valence-electron chi connectivity index (χ2n) is 5.39. The van der Waals surface area contributed by atoms with Gasteiger partial charge in [-0.05, 0) is 12.8 Å². The molecule has 7 nitrogen and oxygen atoms in total. The number of amides is 1. The molecule has 0 unspecified atom stereocenters. The van der Waals surface area contributed by atoms with Crippen LogP contribution in [0.1, 0.15) is 18.7 Å². The van der Waals surface area contributed by atoms with Crippen molar-refractivity contribution in [3.8, 4) is 0 Å². The van der Waals surface area contributed by atoms with Crippen molar-refractivity contribution in [3.63, 3.8) is 0 Å². The highest BCUT2D eigenvalue weighted by Crippen LogP contribution is 2.10. The van der Waals surface area contributed by atoms with E-state index < -0.39 is 0 Å². The highest BCUT2D eigenvalue weighted by atomic mass is 16.5. The smallest absolute Gasteiger partial charge is 0.236 e. The Morgan fingerprint density at radius 3 is 2.85 bits per heavy atom. The van der Waals surface area contributed by atoms with Crippen LogP contribution in [0.2, 0.25) is 0 Å². The lowest BCUT2D eigenvalue weighted by atomic mass is 10.0. The fourth-order valence-corrected chi connectivity index (χ4v) is 2.32. The van der Waals surface area contributed by atoms with Crippen LogP contribution in [0.3, 0.4) is 0 Å². The Kier molecular flexibility index (Phi) is 5.49. The summed E-state index contributed by atoms with van der Waals surface area (Å²) in [6.45, 7) is 3.34. The molecule has 0 radical (unpaired) electrons. The fourth-order valence-electron chi connectivity index (χ4n) is 2.32. The van der Waals surface area contributed by atoms with Gasteiger partial charge in [-0.15, -0.1) is 0 Å². The van der Waals surface area contributed by atoms with Crippen molar-refractivity contribution in [2.45, 2.75) is 25.3 Å². The number of carbonyl (C=O) groups is 1. The monoisotopic (exact) mass is 281 g/mol. The van der Waals surface area contributed by atoms with Crippen molar-refractivity contribution in [1.82, 2.24) is 25.3 Å². The first kappa shape index (κ1) is 14.9. The minimum atomic E-state index is 0.175. The van der Waals surface area contributed by atoms with Crippen molar-refractivity contribution in [3.05, 3.63) is 12.2 Å². The topological polar surface area (TPSA) is 74.5 Å². The van der Waals surface area contributed by atoms with Gasteiger partial charge in [-0.3, -0.25) is 9.69 Å². The predicted molar refractivity (Wildman–Crippen MR) is 74.2 cm³/mol. The fraction of sp³-hybridized carbons (Fsp3) is 0.769. The van der Waals surface area contributed by atoms with E-state index in [4.69, 9.17) is 4.52 Å². The van der Waals surface area contributed by atoms with Crippen molar-refractivity contribution < 1.29 is 9.32 Å². The number of likely N-dealkylation sites (tertiary alicyclic amines) is 1. The first-order valence-electron chi connectivity index (χ1n) is 7.06. The molecule has 1 aromatic rings. The van der Waals surface area contributed by atoms with Crippen LogP contribution in [0.5, 0.6) is 0 Å². The van der Waals surface area contributed by atoms with Gasteiger partial charge in [0.05, 0.1) is 6.54 Å². The lowest BCUT2D eigenvalue weighted by Gasteiger charge is -2.32. The zero-order chi connectivity index (χ0) is 14.4. The van der Waals surface area contributed by atoms with Gasteiger partial charge < -0.3 is 14.7 Å². The van der Waals surface area contributed by atoms with E-state index >= 15 is 0 Å². The van der Waals surface area contributed by atoms with Crippen molar-refractivity contribution in [2.24, 2.45) is 0 Å². The molecule has 0 aromatic carbocycles. The molecule has 1 aromatic heterocycles. The Bertz CT molecular complexity index is 399. The maximum Gasteiger partial charge on any atom is 0.236 e. The molecule has 0 bridgehead atoms. The summed E-state index contributed by atoms with van der Waals surface area (Å²) >= 11 is 0. The summed E-state index contributed by atoms with van der Waals surface area (Å²) in [4.78, 5) is 19.5. The van der Waals surface area contributed by atoms with E-state index in [1.54, 1.807) is 19.0 Å². The molecule has 0 atom stereocenters. The van der Waals surface area contributed by atoms with Crippen LogP contribution in [0.15, 0.2) is 10.9 Å². The summed E-state index contributed by atoms with van der Waals surface area (Å²) in [5.41, 5.74) is 0. The number of piperidine rings is 1. The quantitative estimate of drug-likeness (QED) is 0.775. The maximum absolute atomic E-state index is 11.6. The third kappa shape index (κ3) is 4.57. The van der Waals surface area contributed by atoms with Crippen LogP contribution >= 0.6 is 0 Å². The number of carbonyl (C=O) groups excluding carboxylic acids is 1. The van der Waals surface area contributed by atoms with E-state index in [1.165, 1.54) is 6.39 Å². The molecule has 0 spiro atoms. The van der Waals surface area contributed by atoms with E-state index in [0.717, 1.165) is 44.7 Å². The van der Waals surface area contributed by atoms with Crippen LogP contribution in [0, 0.1) is 0 Å². The van der Waals surface area contributed by atoms with Gasteiger partial charge in [0.25, 0.3) is 0 Å². The first-order chi connectivity index (χ1) is 9.65. The normalized spacial score (nSPS) is 17.3. The Morgan fingerprint density at radius 1 is 1.50 bits per heavy atom. The summed E-state index contributed by atoms with van der Waals surface area (Å²) in [6, 6.07) is 0.521. The maximum atomic E-state index is 11.6. The molecule has 20 heavy (non-hydrogen) atoms. The van der Waals surface area contributed by atoms with Gasteiger partial charge in [0.15, 0.2) is 5.82 Å². The van der Waals surface area contributed by atoms with E-state index in [9.17, 15) is 4.79 Å². The Balaban J connectivity index is 1.60. The molecule has 7 heteroatoms. The molecule has 112 valence electrons. The molecular formula is C13H23N5O2. The molecule has 2 rings (SSSR count). The number of hydrogen-bond donors (Lipinski definition) is 1. The van der Waals surface area contributed by atoms with E-state index in [1.807, 2.05) is 0 Å². The number of likely N-dealkylation sites (N-methyl/N-ethyl adjacent to an activating group) is 1. The standard InChI is InChI=1S/C13H23N5O2/c1-17(2)13(19)9-18-7-4-11(5-8-18)14-6-3-12-15-10-20-16-12/h10-11,14H,3-9H2,1-2H3. The molecule has 1 N–H and O–H groups in total. The number of nitrogens with zero attached hydrogens (tertiary/aromatic N) is 4. The van der Waals surface area contributed by atoms with E-state index in [0.29, 0.717) is 12.6 Å². The minimum Gasteiger partial charge on any atom is -0.348 e. The molecule has 1 saturated heterocycles. The molecule has 1 fully saturated rings. The third-order valence-electron chi connectivity index (χ3n) is 3.63. The van der Waals surface area contributed by atoms with Gasteiger partial charge in [0.1, 0.15) is 0 Å². The number of aromatic nitrogens is 2. The molecule has 0 aliphatic carbocycles. The summed E-state index contributed by atoms with van der Waals surface area (Å²) in [6.07, 6.45) is 4.30. The molecule has 1 aliphatic heterocycles. The molecular weight excluding hydrogens is 258 g/mol. The Morgan fingerprint density at radius 2 is 2.25 bits per heavy atom. The van der Waals surface area contributed by atoms with Gasteiger partial charge in [-0.1, -0.05) is 5.16 Å². The van der Waals surface area contributed by atoms with Gasteiger partial charge in [0, 0.05) is 46.2 Å². The average molecular weight is 281 g/mol. The lowest BCUT2D eigenvalue weighted by Crippen LogP contribution is -2.46. The van der Waals surface area contributed by atoms with Crippen molar-refractivity contribution >= 4 is 5.91 Å². The highest BCUT2D eigenvalue weighted by molar-refractivity contribution is 5.77. The largest absolute Gasteiger partial charge is 0.348 e. The summed E-state index contributed by atoms with van der Waals surface area (Å²) in [5.74, 6) is 0.917. The van der Waals surface area contributed by atoms with E-state index in [2.05, 4.69) is 20.4 Å². The Labute approximate surface area is 119 Å². The summed E-state index contributed by atoms with van der Waals surface area (Å²) in [5, 5.41) is 7.30. The van der Waals surface area contributed by atoms with Gasteiger partial charge >= 0.3 is 0 Å². The van der Waals surface area contributed by atoms with Crippen molar-refractivity contribution in [1.29, 1.82) is 0 Å². The Hall–Kier alpha value is -1.47. The second kappa shape index (κ2) is 7.35.